The molecule has 0 saturated heterocycles. The van der Waals surface area contributed by atoms with Crippen molar-refractivity contribution in [1.29, 1.82) is 0 Å². The van der Waals surface area contributed by atoms with E-state index in [1.807, 2.05) is 0 Å². The van der Waals surface area contributed by atoms with E-state index in [9.17, 15) is 13.2 Å². The molecule has 0 aliphatic carbocycles. The molecule has 0 radical (unpaired) electrons. The summed E-state index contributed by atoms with van der Waals surface area (Å²) in [6.45, 7) is 1.47. The van der Waals surface area contributed by atoms with Crippen LogP contribution < -0.4 is 4.72 Å². The highest BCUT2D eigenvalue weighted by Crippen LogP contribution is 2.14. The van der Waals surface area contributed by atoms with Crippen molar-refractivity contribution in [3.8, 4) is 0 Å². The number of benzene rings is 1. The van der Waals surface area contributed by atoms with E-state index in [2.05, 4.69) is 4.72 Å². The molecule has 0 aromatic heterocycles. The van der Waals surface area contributed by atoms with Crippen LogP contribution in [0.4, 0.5) is 5.69 Å². The van der Waals surface area contributed by atoms with E-state index < -0.39 is 16.0 Å². The summed E-state index contributed by atoms with van der Waals surface area (Å²) in [6, 6.07) is 6.50. The highest BCUT2D eigenvalue weighted by molar-refractivity contribution is 7.92. The molecule has 17 heavy (non-hydrogen) atoms. The molecule has 0 unspecified atom stereocenters. The van der Waals surface area contributed by atoms with Crippen LogP contribution in [0.25, 0.3) is 6.08 Å². The zero-order valence-corrected chi connectivity index (χ0v) is 10.3. The molecule has 1 aromatic carbocycles. The first-order valence-electron chi connectivity index (χ1n) is 4.77. The van der Waals surface area contributed by atoms with Gasteiger partial charge < -0.3 is 5.11 Å². The number of nitrogens with one attached hydrogen (secondary N) is 1. The van der Waals surface area contributed by atoms with Crippen molar-refractivity contribution in [2.45, 2.75) is 6.92 Å². The number of hydrogen-bond donors (Lipinski definition) is 2. The first-order valence-corrected chi connectivity index (χ1v) is 6.66. The zero-order valence-electron chi connectivity index (χ0n) is 9.47. The van der Waals surface area contributed by atoms with Gasteiger partial charge in [-0.1, -0.05) is 12.1 Å². The zero-order chi connectivity index (χ0) is 13.1. The average Bonchev–Trinajstić information content (AvgIpc) is 2.15. The molecule has 0 amide bonds. The van der Waals surface area contributed by atoms with Crippen molar-refractivity contribution in [1.82, 2.24) is 0 Å². The SMILES string of the molecule is C/C(=C\c1cccc(NS(C)(=O)=O)c1)C(=O)O. The Morgan fingerprint density at radius 3 is 2.59 bits per heavy atom. The summed E-state index contributed by atoms with van der Waals surface area (Å²) in [5.41, 5.74) is 1.21. The molecule has 0 aliphatic heterocycles. The first-order chi connectivity index (χ1) is 7.78. The summed E-state index contributed by atoms with van der Waals surface area (Å²) >= 11 is 0. The standard InChI is InChI=1S/C11H13NO4S/c1-8(11(13)14)6-9-4-3-5-10(7-9)12-17(2,15)16/h3-7,12H,1-2H3,(H,13,14)/b8-6+. The summed E-state index contributed by atoms with van der Waals surface area (Å²) in [5.74, 6) is -1.01. The molecule has 0 aliphatic rings. The summed E-state index contributed by atoms with van der Waals surface area (Å²) < 4.78 is 24.4. The van der Waals surface area contributed by atoms with Gasteiger partial charge in [-0.15, -0.1) is 0 Å². The summed E-state index contributed by atoms with van der Waals surface area (Å²) in [5, 5.41) is 8.72. The number of aliphatic carboxylic acids is 1. The lowest BCUT2D eigenvalue weighted by atomic mass is 10.1. The van der Waals surface area contributed by atoms with E-state index in [1.54, 1.807) is 24.3 Å². The highest BCUT2D eigenvalue weighted by Gasteiger charge is 2.03. The van der Waals surface area contributed by atoms with Gasteiger partial charge in [0.15, 0.2) is 0 Å². The molecule has 0 fully saturated rings. The van der Waals surface area contributed by atoms with E-state index in [1.165, 1.54) is 13.0 Å². The number of carbonyl (C=O) groups is 1. The second-order valence-corrected chi connectivity index (χ2v) is 5.38. The van der Waals surface area contributed by atoms with Crippen LogP contribution in [-0.4, -0.2) is 25.7 Å². The van der Waals surface area contributed by atoms with Crippen LogP contribution in [0.2, 0.25) is 0 Å². The van der Waals surface area contributed by atoms with Gasteiger partial charge in [0.1, 0.15) is 0 Å². The average molecular weight is 255 g/mol. The second-order valence-electron chi connectivity index (χ2n) is 3.63. The van der Waals surface area contributed by atoms with Gasteiger partial charge in [0.2, 0.25) is 10.0 Å². The first kappa shape index (κ1) is 13.2. The van der Waals surface area contributed by atoms with Gasteiger partial charge in [-0.25, -0.2) is 13.2 Å². The molecule has 0 heterocycles. The fourth-order valence-corrected chi connectivity index (χ4v) is 1.77. The molecule has 0 saturated carbocycles. The highest BCUT2D eigenvalue weighted by atomic mass is 32.2. The molecular formula is C11H13NO4S. The van der Waals surface area contributed by atoms with E-state index in [-0.39, 0.29) is 5.57 Å². The van der Waals surface area contributed by atoms with Gasteiger partial charge >= 0.3 is 5.97 Å². The van der Waals surface area contributed by atoms with Crippen molar-refractivity contribution in [3.05, 3.63) is 35.4 Å². The minimum Gasteiger partial charge on any atom is -0.478 e. The second kappa shape index (κ2) is 5.01. The van der Waals surface area contributed by atoms with Crippen molar-refractivity contribution >= 4 is 27.8 Å². The Morgan fingerprint density at radius 1 is 1.41 bits per heavy atom. The number of carboxylic acid groups (broad SMARTS) is 1. The number of rotatable bonds is 4. The number of anilines is 1. The normalized spacial score (nSPS) is 12.2. The minimum atomic E-state index is -3.33. The van der Waals surface area contributed by atoms with E-state index in [0.717, 1.165) is 6.26 Å². The van der Waals surface area contributed by atoms with Crippen LogP contribution in [-0.2, 0) is 14.8 Å². The molecule has 5 nitrogen and oxygen atoms in total. The smallest absolute Gasteiger partial charge is 0.331 e. The summed E-state index contributed by atoms with van der Waals surface area (Å²) in [4.78, 5) is 10.6. The molecule has 92 valence electrons. The molecule has 0 bridgehead atoms. The van der Waals surface area contributed by atoms with Gasteiger partial charge in [0.25, 0.3) is 0 Å². The lowest BCUT2D eigenvalue weighted by Gasteiger charge is -2.04. The van der Waals surface area contributed by atoms with Crippen LogP contribution in [0.1, 0.15) is 12.5 Å². The number of hydrogen-bond acceptors (Lipinski definition) is 3. The third kappa shape index (κ3) is 4.69. The third-order valence-electron chi connectivity index (χ3n) is 1.91. The van der Waals surface area contributed by atoms with Crippen LogP contribution in [0, 0.1) is 0 Å². The van der Waals surface area contributed by atoms with Crippen LogP contribution in [0.15, 0.2) is 29.8 Å². The van der Waals surface area contributed by atoms with E-state index in [4.69, 9.17) is 5.11 Å². The quantitative estimate of drug-likeness (QED) is 0.799. The van der Waals surface area contributed by atoms with Crippen molar-refractivity contribution in [2.24, 2.45) is 0 Å². The monoisotopic (exact) mass is 255 g/mol. The maximum absolute atomic E-state index is 11.0. The van der Waals surface area contributed by atoms with Crippen molar-refractivity contribution in [3.63, 3.8) is 0 Å². The molecule has 6 heteroatoms. The van der Waals surface area contributed by atoms with Crippen molar-refractivity contribution in [2.75, 3.05) is 11.0 Å². The van der Waals surface area contributed by atoms with E-state index >= 15 is 0 Å². The van der Waals surface area contributed by atoms with Crippen LogP contribution in [0.3, 0.4) is 0 Å². The Bertz CT molecular complexity index is 561. The summed E-state index contributed by atoms with van der Waals surface area (Å²) in [6.07, 6.45) is 2.52. The fourth-order valence-electron chi connectivity index (χ4n) is 1.22. The summed E-state index contributed by atoms with van der Waals surface area (Å²) in [7, 11) is -3.33. The fraction of sp³-hybridized carbons (Fsp3) is 0.182. The molecular weight excluding hydrogens is 242 g/mol. The van der Waals surface area contributed by atoms with Gasteiger partial charge in [0, 0.05) is 11.3 Å². The van der Waals surface area contributed by atoms with Gasteiger partial charge in [-0.05, 0) is 30.7 Å². The Morgan fingerprint density at radius 2 is 2.06 bits per heavy atom. The Labute approximate surface area is 99.8 Å². The van der Waals surface area contributed by atoms with Crippen molar-refractivity contribution < 1.29 is 18.3 Å². The number of carboxylic acids is 1. The molecule has 1 rings (SSSR count). The molecule has 1 aromatic rings. The Balaban J connectivity index is 3.02. The predicted octanol–water partition coefficient (Wildman–Crippen LogP) is 1.55. The minimum absolute atomic E-state index is 0.182. The maximum Gasteiger partial charge on any atom is 0.331 e. The largest absolute Gasteiger partial charge is 0.478 e. The Kier molecular flexibility index (Phi) is 3.90. The lowest BCUT2D eigenvalue weighted by Crippen LogP contribution is -2.09. The van der Waals surface area contributed by atoms with Gasteiger partial charge in [-0.2, -0.15) is 0 Å². The Hall–Kier alpha value is -1.82. The maximum atomic E-state index is 11.0. The molecule has 2 N–H and O–H groups in total. The third-order valence-corrected chi connectivity index (χ3v) is 2.52. The van der Waals surface area contributed by atoms with Gasteiger partial charge in [-0.3, -0.25) is 4.72 Å². The van der Waals surface area contributed by atoms with Gasteiger partial charge in [0.05, 0.1) is 6.26 Å². The van der Waals surface area contributed by atoms with Crippen LogP contribution in [0.5, 0.6) is 0 Å². The lowest BCUT2D eigenvalue weighted by molar-refractivity contribution is -0.132. The topological polar surface area (TPSA) is 83.5 Å². The van der Waals surface area contributed by atoms with Crippen LogP contribution >= 0.6 is 0 Å². The van der Waals surface area contributed by atoms with E-state index in [0.29, 0.717) is 11.3 Å². The molecule has 0 spiro atoms. The number of sulfonamides is 1. The molecule has 0 atom stereocenters. The predicted molar refractivity (Wildman–Crippen MR) is 66.2 cm³/mol.